The van der Waals surface area contributed by atoms with Crippen molar-refractivity contribution in [1.82, 2.24) is 15.2 Å². The van der Waals surface area contributed by atoms with Crippen molar-refractivity contribution >= 4 is 16.8 Å². The number of benzene rings is 3. The minimum Gasteiger partial charge on any atom is -0.497 e. The molecule has 0 bridgehead atoms. The van der Waals surface area contributed by atoms with Crippen molar-refractivity contribution in [2.75, 3.05) is 13.7 Å². The smallest absolute Gasteiger partial charge is 0.251 e. The van der Waals surface area contributed by atoms with Crippen LogP contribution in [0, 0.1) is 0 Å². The summed E-state index contributed by atoms with van der Waals surface area (Å²) in [6.45, 7) is 3.90. The summed E-state index contributed by atoms with van der Waals surface area (Å²) in [6.07, 6.45) is 1.79. The van der Waals surface area contributed by atoms with E-state index in [9.17, 15) is 9.90 Å². The summed E-state index contributed by atoms with van der Waals surface area (Å²) in [5.74, 6) is 0.606. The number of nitrogens with one attached hydrogen (secondary N) is 2. The molecule has 0 aliphatic carbocycles. The summed E-state index contributed by atoms with van der Waals surface area (Å²) in [5.41, 5.74) is 3.81. The van der Waals surface area contributed by atoms with E-state index < -0.39 is 12.1 Å². The van der Waals surface area contributed by atoms with Gasteiger partial charge in [0.25, 0.3) is 5.91 Å². The Morgan fingerprint density at radius 2 is 1.80 bits per heavy atom. The predicted octanol–water partition coefficient (Wildman–Crippen LogP) is 4.16. The van der Waals surface area contributed by atoms with Crippen LogP contribution in [0.1, 0.15) is 28.4 Å². The van der Waals surface area contributed by atoms with Gasteiger partial charge in [0.05, 0.1) is 19.3 Å². The normalized spacial score (nSPS) is 12.9. The Morgan fingerprint density at radius 3 is 2.57 bits per heavy atom. The van der Waals surface area contributed by atoms with Gasteiger partial charge in [0.1, 0.15) is 5.75 Å². The lowest BCUT2D eigenvalue weighted by atomic mass is 10.00. The van der Waals surface area contributed by atoms with Crippen LogP contribution < -0.4 is 15.4 Å². The van der Waals surface area contributed by atoms with E-state index in [1.165, 1.54) is 0 Å². The molecule has 0 saturated carbocycles. The molecule has 0 saturated heterocycles. The summed E-state index contributed by atoms with van der Waals surface area (Å²) < 4.78 is 7.43. The Hall–Kier alpha value is -3.61. The molecular formula is C29H33N3O3. The number of methoxy groups -OCH3 is 1. The van der Waals surface area contributed by atoms with Gasteiger partial charge in [-0.1, -0.05) is 42.5 Å². The van der Waals surface area contributed by atoms with Gasteiger partial charge in [-0.3, -0.25) is 4.79 Å². The minimum atomic E-state index is -0.769. The van der Waals surface area contributed by atoms with E-state index in [1.54, 1.807) is 7.11 Å². The molecular weight excluding hydrogens is 438 g/mol. The quantitative estimate of drug-likeness (QED) is 0.307. The Labute approximate surface area is 206 Å². The Morgan fingerprint density at radius 1 is 1.00 bits per heavy atom. The number of aliphatic hydroxyl groups is 1. The van der Waals surface area contributed by atoms with Crippen LogP contribution >= 0.6 is 0 Å². The molecule has 0 spiro atoms. The maximum absolute atomic E-state index is 13.2. The molecule has 0 aliphatic heterocycles. The van der Waals surface area contributed by atoms with Gasteiger partial charge in [-0.05, 0) is 60.9 Å². The fourth-order valence-electron chi connectivity index (χ4n) is 4.31. The number of aromatic nitrogens is 1. The van der Waals surface area contributed by atoms with E-state index in [2.05, 4.69) is 22.1 Å². The topological polar surface area (TPSA) is 75.5 Å². The number of aryl methyl sites for hydroxylation is 1. The molecule has 6 heteroatoms. The van der Waals surface area contributed by atoms with Gasteiger partial charge in [-0.15, -0.1) is 0 Å². The lowest BCUT2D eigenvalue weighted by Crippen LogP contribution is -2.48. The number of aliphatic hydroxyl groups excluding tert-OH is 1. The molecule has 0 unspecified atom stereocenters. The van der Waals surface area contributed by atoms with Gasteiger partial charge in [0, 0.05) is 42.3 Å². The zero-order valence-electron chi connectivity index (χ0n) is 20.3. The van der Waals surface area contributed by atoms with Crippen LogP contribution in [0.4, 0.5) is 0 Å². The molecule has 35 heavy (non-hydrogen) atoms. The van der Waals surface area contributed by atoms with Gasteiger partial charge in [-0.2, -0.15) is 0 Å². The monoisotopic (exact) mass is 471 g/mol. The molecule has 0 radical (unpaired) electrons. The molecule has 3 aromatic carbocycles. The van der Waals surface area contributed by atoms with Crippen molar-refractivity contribution in [2.45, 2.75) is 38.6 Å². The van der Waals surface area contributed by atoms with E-state index in [4.69, 9.17) is 4.74 Å². The van der Waals surface area contributed by atoms with Crippen LogP contribution in [-0.4, -0.2) is 41.4 Å². The predicted molar refractivity (Wildman–Crippen MR) is 140 cm³/mol. The zero-order chi connectivity index (χ0) is 24.6. The summed E-state index contributed by atoms with van der Waals surface area (Å²) in [5, 5.41) is 18.5. The van der Waals surface area contributed by atoms with E-state index in [0.29, 0.717) is 25.1 Å². The van der Waals surface area contributed by atoms with E-state index in [0.717, 1.165) is 34.3 Å². The highest BCUT2D eigenvalue weighted by atomic mass is 16.5. The zero-order valence-corrected chi connectivity index (χ0v) is 20.3. The van der Waals surface area contributed by atoms with Gasteiger partial charge in [0.15, 0.2) is 0 Å². The Kier molecular flexibility index (Phi) is 8.19. The molecule has 1 aromatic heterocycles. The van der Waals surface area contributed by atoms with E-state index in [1.807, 2.05) is 85.1 Å². The van der Waals surface area contributed by atoms with Crippen molar-refractivity contribution < 1.29 is 14.6 Å². The number of ether oxygens (including phenoxy) is 1. The lowest BCUT2D eigenvalue weighted by molar-refractivity contribution is 0.0830. The van der Waals surface area contributed by atoms with E-state index in [-0.39, 0.29) is 5.91 Å². The molecule has 4 rings (SSSR count). The Balaban J connectivity index is 1.44. The fourth-order valence-corrected chi connectivity index (χ4v) is 4.31. The number of amides is 1. The highest BCUT2D eigenvalue weighted by Gasteiger charge is 2.22. The molecule has 4 aromatic rings. The summed E-state index contributed by atoms with van der Waals surface area (Å²) in [6, 6.07) is 25.0. The molecule has 1 heterocycles. The summed E-state index contributed by atoms with van der Waals surface area (Å²) in [4.78, 5) is 13.2. The maximum atomic E-state index is 13.2. The van der Waals surface area contributed by atoms with Crippen LogP contribution in [-0.2, 0) is 19.5 Å². The number of nitrogens with zero attached hydrogens (tertiary/aromatic N) is 1. The highest BCUT2D eigenvalue weighted by molar-refractivity contribution is 5.98. The standard InChI is InChI=1S/C29H33N3O3/c1-3-32-15-14-23-18-24(12-13-27(23)32)29(34)31-26(17-21-8-5-4-6-9-21)28(33)20-30-19-22-10-7-11-25(16-22)35-2/h4-16,18,26,28,30,33H,3,17,19-20H2,1-2H3,(H,31,34)/t26-,28+/m0/s1. The van der Waals surface area contributed by atoms with Crippen molar-refractivity contribution in [2.24, 2.45) is 0 Å². The SMILES string of the molecule is CCn1ccc2cc(C(=O)N[C@@H](Cc3ccccc3)[C@H](O)CNCc3cccc(OC)c3)ccc21. The number of hydrogen-bond donors (Lipinski definition) is 3. The minimum absolute atomic E-state index is 0.191. The van der Waals surface area contributed by atoms with Crippen LogP contribution in [0.2, 0.25) is 0 Å². The van der Waals surface area contributed by atoms with Gasteiger partial charge in [-0.25, -0.2) is 0 Å². The Bertz CT molecular complexity index is 1250. The number of carbonyl (C=O) groups excluding carboxylic acids is 1. The number of hydrogen-bond acceptors (Lipinski definition) is 4. The van der Waals surface area contributed by atoms with Crippen molar-refractivity contribution in [3.63, 3.8) is 0 Å². The highest BCUT2D eigenvalue weighted by Crippen LogP contribution is 2.18. The van der Waals surface area contributed by atoms with Crippen LogP contribution in [0.5, 0.6) is 5.75 Å². The first-order valence-corrected chi connectivity index (χ1v) is 12.0. The first kappa shape index (κ1) is 24.5. The number of rotatable bonds is 11. The maximum Gasteiger partial charge on any atom is 0.251 e. The summed E-state index contributed by atoms with van der Waals surface area (Å²) >= 11 is 0. The first-order valence-electron chi connectivity index (χ1n) is 12.0. The van der Waals surface area contributed by atoms with Gasteiger partial charge < -0.3 is 25.0 Å². The van der Waals surface area contributed by atoms with Crippen molar-refractivity contribution in [1.29, 1.82) is 0 Å². The third-order valence-corrected chi connectivity index (χ3v) is 6.27. The van der Waals surface area contributed by atoms with E-state index >= 15 is 0 Å². The van der Waals surface area contributed by atoms with Gasteiger partial charge >= 0.3 is 0 Å². The van der Waals surface area contributed by atoms with Crippen molar-refractivity contribution in [3.8, 4) is 5.75 Å². The molecule has 1 amide bonds. The second kappa shape index (κ2) is 11.7. The lowest BCUT2D eigenvalue weighted by Gasteiger charge is -2.25. The molecule has 2 atom stereocenters. The first-order chi connectivity index (χ1) is 17.1. The largest absolute Gasteiger partial charge is 0.497 e. The number of carbonyl (C=O) groups is 1. The van der Waals surface area contributed by atoms with Crippen molar-refractivity contribution in [3.05, 3.63) is 102 Å². The third-order valence-electron chi connectivity index (χ3n) is 6.27. The second-order valence-electron chi connectivity index (χ2n) is 8.69. The molecule has 182 valence electrons. The number of fused-ring (bicyclic) bond motifs is 1. The molecule has 3 N–H and O–H groups in total. The molecule has 0 fully saturated rings. The van der Waals surface area contributed by atoms with Crippen LogP contribution in [0.25, 0.3) is 10.9 Å². The summed E-state index contributed by atoms with van der Waals surface area (Å²) in [7, 11) is 1.64. The van der Waals surface area contributed by atoms with Gasteiger partial charge in [0.2, 0.25) is 0 Å². The average Bonchev–Trinajstić information content (AvgIpc) is 3.31. The fraction of sp³-hybridized carbons (Fsp3) is 0.276. The molecule has 0 aliphatic rings. The van der Waals surface area contributed by atoms with Crippen LogP contribution in [0.3, 0.4) is 0 Å². The van der Waals surface area contributed by atoms with Crippen LogP contribution in [0.15, 0.2) is 85.1 Å². The third kappa shape index (κ3) is 6.29. The molecule has 6 nitrogen and oxygen atoms in total. The average molecular weight is 472 g/mol. The second-order valence-corrected chi connectivity index (χ2v) is 8.69.